The van der Waals surface area contributed by atoms with Crippen LogP contribution >= 0.6 is 0 Å². The molecule has 2 fully saturated rings. The van der Waals surface area contributed by atoms with E-state index in [0.29, 0.717) is 6.04 Å². The molecule has 0 aliphatic carbocycles. The Hall–Kier alpha value is -1.53. The maximum atomic E-state index is 9.03. The molecule has 0 radical (unpaired) electrons. The van der Waals surface area contributed by atoms with Crippen molar-refractivity contribution in [3.8, 4) is 11.8 Å². The van der Waals surface area contributed by atoms with Gasteiger partial charge in [-0.05, 0) is 43.1 Å². The summed E-state index contributed by atoms with van der Waals surface area (Å²) < 4.78 is 6.35. The van der Waals surface area contributed by atoms with Gasteiger partial charge in [0, 0.05) is 31.8 Å². The van der Waals surface area contributed by atoms with Gasteiger partial charge in [-0.25, -0.2) is 0 Å². The molecule has 1 aromatic carbocycles. The summed E-state index contributed by atoms with van der Waals surface area (Å²) in [6.45, 7) is 2.44. The summed E-state index contributed by atoms with van der Waals surface area (Å²) in [5.41, 5.74) is 1.99. The Morgan fingerprint density at radius 2 is 2.25 bits per heavy atom. The first kappa shape index (κ1) is 12.2. The smallest absolute Gasteiger partial charge is 0.123 e. The van der Waals surface area contributed by atoms with Crippen LogP contribution in [0.5, 0.6) is 5.75 Å². The third-order valence-corrected chi connectivity index (χ3v) is 5.24. The summed E-state index contributed by atoms with van der Waals surface area (Å²) in [4.78, 5) is 2.65. The second-order valence-electron chi connectivity index (χ2n) is 6.54. The fraction of sp³-hybridized carbons (Fsp3) is 0.588. The van der Waals surface area contributed by atoms with Crippen molar-refractivity contribution < 1.29 is 4.74 Å². The van der Waals surface area contributed by atoms with Gasteiger partial charge in [-0.1, -0.05) is 6.42 Å². The summed E-state index contributed by atoms with van der Waals surface area (Å²) in [5.74, 6) is 1.01. The lowest BCUT2D eigenvalue weighted by molar-refractivity contribution is -0.0249. The topological polar surface area (TPSA) is 36.3 Å². The summed E-state index contributed by atoms with van der Waals surface area (Å²) in [6, 6.07) is 8.80. The van der Waals surface area contributed by atoms with Crippen LogP contribution in [0.15, 0.2) is 18.2 Å². The Morgan fingerprint density at radius 3 is 3.15 bits per heavy atom. The molecular weight excluding hydrogens is 248 g/mol. The van der Waals surface area contributed by atoms with Crippen LogP contribution in [0, 0.1) is 11.3 Å². The highest BCUT2D eigenvalue weighted by molar-refractivity contribution is 5.45. The van der Waals surface area contributed by atoms with Crippen LogP contribution in [-0.2, 0) is 6.42 Å². The van der Waals surface area contributed by atoms with Gasteiger partial charge in [0.25, 0.3) is 0 Å². The lowest BCUT2D eigenvalue weighted by Crippen LogP contribution is -2.54. The Morgan fingerprint density at radius 1 is 1.30 bits per heavy atom. The van der Waals surface area contributed by atoms with Crippen molar-refractivity contribution in [3.63, 3.8) is 0 Å². The molecule has 1 aromatic rings. The molecule has 0 N–H and O–H groups in total. The molecule has 3 heterocycles. The zero-order valence-corrected chi connectivity index (χ0v) is 11.8. The molecule has 3 aliphatic rings. The van der Waals surface area contributed by atoms with E-state index >= 15 is 0 Å². The van der Waals surface area contributed by atoms with E-state index in [-0.39, 0.29) is 5.60 Å². The zero-order chi connectivity index (χ0) is 13.6. The molecule has 0 bridgehead atoms. The van der Waals surface area contributed by atoms with Crippen molar-refractivity contribution in [2.24, 2.45) is 0 Å². The molecule has 2 saturated heterocycles. The summed E-state index contributed by atoms with van der Waals surface area (Å²) >= 11 is 0. The third kappa shape index (κ3) is 1.91. The number of nitriles is 1. The third-order valence-electron chi connectivity index (χ3n) is 5.24. The van der Waals surface area contributed by atoms with Crippen molar-refractivity contribution in [3.05, 3.63) is 29.3 Å². The first-order valence-electron chi connectivity index (χ1n) is 7.74. The second-order valence-corrected chi connectivity index (χ2v) is 6.54. The highest BCUT2D eigenvalue weighted by atomic mass is 16.5. The van der Waals surface area contributed by atoms with E-state index in [0.717, 1.165) is 30.6 Å². The summed E-state index contributed by atoms with van der Waals surface area (Å²) in [5, 5.41) is 9.03. The van der Waals surface area contributed by atoms with Gasteiger partial charge in [0.15, 0.2) is 0 Å². The minimum absolute atomic E-state index is 0.00885. The number of piperidine rings is 2. The van der Waals surface area contributed by atoms with Gasteiger partial charge in [0.2, 0.25) is 0 Å². The normalized spacial score (nSPS) is 32.2. The summed E-state index contributed by atoms with van der Waals surface area (Å²) in [7, 11) is 0. The number of benzene rings is 1. The first-order chi connectivity index (χ1) is 9.78. The molecule has 3 heteroatoms. The van der Waals surface area contributed by atoms with Gasteiger partial charge in [-0.2, -0.15) is 5.26 Å². The van der Waals surface area contributed by atoms with Crippen LogP contribution < -0.4 is 4.74 Å². The first-order valence-corrected chi connectivity index (χ1v) is 7.74. The van der Waals surface area contributed by atoms with Crippen LogP contribution in [0.4, 0.5) is 0 Å². The van der Waals surface area contributed by atoms with Crippen LogP contribution in [0.3, 0.4) is 0 Å². The number of hydrogen-bond acceptors (Lipinski definition) is 3. The average Bonchev–Trinajstić information content (AvgIpc) is 2.83. The van der Waals surface area contributed by atoms with Crippen LogP contribution in [0.1, 0.15) is 43.2 Å². The van der Waals surface area contributed by atoms with Crippen molar-refractivity contribution in [2.75, 3.05) is 13.1 Å². The fourth-order valence-electron chi connectivity index (χ4n) is 4.22. The van der Waals surface area contributed by atoms with Crippen LogP contribution in [0.25, 0.3) is 0 Å². The number of nitrogens with zero attached hydrogens (tertiary/aromatic N) is 2. The number of ether oxygens (including phenoxy) is 1. The highest BCUT2D eigenvalue weighted by Gasteiger charge is 2.45. The van der Waals surface area contributed by atoms with Crippen LogP contribution in [0.2, 0.25) is 0 Å². The molecular formula is C17H20N2O. The summed E-state index contributed by atoms with van der Waals surface area (Å²) in [6.07, 6.45) is 7.32. The SMILES string of the molecule is N#Cc1ccc2c(c1)CC1(CCN3CCCCC3C1)O2. The Balaban J connectivity index is 1.57. The lowest BCUT2D eigenvalue weighted by atomic mass is 9.80. The predicted octanol–water partition coefficient (Wildman–Crippen LogP) is 2.88. The van der Waals surface area contributed by atoms with Gasteiger partial charge >= 0.3 is 0 Å². The van der Waals surface area contributed by atoms with Gasteiger partial charge in [0.1, 0.15) is 11.4 Å². The maximum Gasteiger partial charge on any atom is 0.123 e. The molecule has 2 unspecified atom stereocenters. The molecule has 20 heavy (non-hydrogen) atoms. The van der Waals surface area contributed by atoms with Crippen molar-refractivity contribution in [1.29, 1.82) is 5.26 Å². The van der Waals surface area contributed by atoms with E-state index in [2.05, 4.69) is 11.0 Å². The van der Waals surface area contributed by atoms with Crippen molar-refractivity contribution >= 4 is 0 Å². The molecule has 0 saturated carbocycles. The van der Waals surface area contributed by atoms with Crippen molar-refractivity contribution in [2.45, 2.75) is 50.2 Å². The molecule has 1 spiro atoms. The molecule has 3 aliphatic heterocycles. The monoisotopic (exact) mass is 268 g/mol. The van der Waals surface area contributed by atoms with Gasteiger partial charge < -0.3 is 9.64 Å². The number of fused-ring (bicyclic) bond motifs is 2. The Labute approximate surface area is 120 Å². The van der Waals surface area contributed by atoms with E-state index in [1.54, 1.807) is 0 Å². The molecule has 4 rings (SSSR count). The minimum Gasteiger partial charge on any atom is -0.487 e. The molecule has 2 atom stereocenters. The standard InChI is InChI=1S/C17H20N2O/c18-12-13-4-5-16-14(9-13)10-17(20-16)6-8-19-7-2-1-3-15(19)11-17/h4-5,9,15H,1-3,6-8,10-11H2. The van der Waals surface area contributed by atoms with Gasteiger partial charge in [-0.15, -0.1) is 0 Å². The maximum absolute atomic E-state index is 9.03. The van der Waals surface area contributed by atoms with Gasteiger partial charge in [0.05, 0.1) is 11.6 Å². The Bertz CT molecular complexity index is 577. The largest absolute Gasteiger partial charge is 0.487 e. The van der Waals surface area contributed by atoms with Crippen molar-refractivity contribution in [1.82, 2.24) is 4.90 Å². The quantitative estimate of drug-likeness (QED) is 0.726. The van der Waals surface area contributed by atoms with E-state index in [1.165, 1.54) is 37.9 Å². The lowest BCUT2D eigenvalue weighted by Gasteiger charge is -2.46. The minimum atomic E-state index is 0.00885. The fourth-order valence-corrected chi connectivity index (χ4v) is 4.22. The number of hydrogen-bond donors (Lipinski definition) is 0. The average molecular weight is 268 g/mol. The van der Waals surface area contributed by atoms with Gasteiger partial charge in [-0.3, -0.25) is 0 Å². The molecule has 0 amide bonds. The zero-order valence-electron chi connectivity index (χ0n) is 11.8. The Kier molecular flexibility index (Phi) is 2.75. The molecule has 3 nitrogen and oxygen atoms in total. The van der Waals surface area contributed by atoms with Crippen LogP contribution in [-0.4, -0.2) is 29.6 Å². The van der Waals surface area contributed by atoms with E-state index in [4.69, 9.17) is 10.00 Å². The predicted molar refractivity (Wildman–Crippen MR) is 76.7 cm³/mol. The molecule has 0 aromatic heterocycles. The van der Waals surface area contributed by atoms with E-state index < -0.39 is 0 Å². The number of rotatable bonds is 0. The van der Waals surface area contributed by atoms with E-state index in [9.17, 15) is 0 Å². The highest BCUT2D eigenvalue weighted by Crippen LogP contribution is 2.44. The second kappa shape index (κ2) is 4.49. The van der Waals surface area contributed by atoms with E-state index in [1.807, 2.05) is 18.2 Å². The molecule has 104 valence electrons.